The number of anilines is 1. The van der Waals surface area contributed by atoms with Crippen molar-refractivity contribution >= 4 is 35.2 Å². The molecule has 8 heteroatoms. The Bertz CT molecular complexity index is 576. The average Bonchev–Trinajstić information content (AvgIpc) is 2.43. The van der Waals surface area contributed by atoms with Crippen LogP contribution in [0.2, 0.25) is 0 Å². The number of nitrogens with two attached hydrogens (primary N) is 1. The van der Waals surface area contributed by atoms with E-state index in [-0.39, 0.29) is 12.5 Å². The number of carbonyl (C=O) groups is 3. The van der Waals surface area contributed by atoms with E-state index in [1.807, 2.05) is 0 Å². The fourth-order valence-corrected chi connectivity index (χ4v) is 2.40. The minimum absolute atomic E-state index is 0.121. The highest BCUT2D eigenvalue weighted by Gasteiger charge is 2.18. The zero-order valence-corrected chi connectivity index (χ0v) is 11.2. The Morgan fingerprint density at radius 2 is 2.25 bits per heavy atom. The molecule has 0 saturated carbocycles. The lowest BCUT2D eigenvalue weighted by Crippen LogP contribution is -2.40. The first kappa shape index (κ1) is 14.4. The molecule has 5 N–H and O–H groups in total. The normalized spacial score (nSPS) is 14.9. The van der Waals surface area contributed by atoms with Gasteiger partial charge in [0.2, 0.25) is 11.8 Å². The van der Waals surface area contributed by atoms with Gasteiger partial charge in [0.1, 0.15) is 6.10 Å². The SMILES string of the molecule is NC(=O)C(O)CNC(=O)c1ccc2c(c1)NC(=O)CS2. The Balaban J connectivity index is 2.05. The van der Waals surface area contributed by atoms with E-state index in [0.29, 0.717) is 17.0 Å². The number of aliphatic hydroxyl groups is 1. The number of fused-ring (bicyclic) bond motifs is 1. The molecule has 0 bridgehead atoms. The second-order valence-electron chi connectivity index (χ2n) is 4.18. The smallest absolute Gasteiger partial charge is 0.251 e. The van der Waals surface area contributed by atoms with Crippen LogP contribution in [0.4, 0.5) is 5.69 Å². The quantitative estimate of drug-likeness (QED) is 0.585. The second kappa shape index (κ2) is 5.93. The number of aliphatic hydroxyl groups excluding tert-OH is 1. The van der Waals surface area contributed by atoms with E-state index in [1.165, 1.54) is 11.8 Å². The predicted molar refractivity (Wildman–Crippen MR) is 73.3 cm³/mol. The summed E-state index contributed by atoms with van der Waals surface area (Å²) in [7, 11) is 0. The molecule has 1 aliphatic heterocycles. The first-order chi connectivity index (χ1) is 9.47. The van der Waals surface area contributed by atoms with Gasteiger partial charge in [-0.15, -0.1) is 11.8 Å². The van der Waals surface area contributed by atoms with Crippen LogP contribution in [0.15, 0.2) is 23.1 Å². The molecule has 1 atom stereocenters. The van der Waals surface area contributed by atoms with Crippen molar-refractivity contribution in [2.24, 2.45) is 5.73 Å². The molecular formula is C12H13N3O4S. The van der Waals surface area contributed by atoms with Gasteiger partial charge in [-0.3, -0.25) is 14.4 Å². The van der Waals surface area contributed by atoms with E-state index < -0.39 is 17.9 Å². The first-order valence-electron chi connectivity index (χ1n) is 5.79. The van der Waals surface area contributed by atoms with Gasteiger partial charge in [0.15, 0.2) is 0 Å². The Labute approximate surface area is 118 Å². The summed E-state index contributed by atoms with van der Waals surface area (Å²) in [6.45, 7) is -0.258. The summed E-state index contributed by atoms with van der Waals surface area (Å²) >= 11 is 1.39. The maximum absolute atomic E-state index is 11.8. The molecular weight excluding hydrogens is 282 g/mol. The lowest BCUT2D eigenvalue weighted by Gasteiger charge is -2.17. The molecule has 1 aliphatic rings. The van der Waals surface area contributed by atoms with Crippen LogP contribution in [0.25, 0.3) is 0 Å². The Morgan fingerprint density at radius 1 is 1.50 bits per heavy atom. The molecule has 1 unspecified atom stereocenters. The predicted octanol–water partition coefficient (Wildman–Crippen LogP) is -0.693. The molecule has 2 rings (SSSR count). The topological polar surface area (TPSA) is 122 Å². The maximum Gasteiger partial charge on any atom is 0.251 e. The van der Waals surface area contributed by atoms with E-state index in [4.69, 9.17) is 5.73 Å². The van der Waals surface area contributed by atoms with E-state index >= 15 is 0 Å². The van der Waals surface area contributed by atoms with Crippen molar-refractivity contribution in [3.8, 4) is 0 Å². The van der Waals surface area contributed by atoms with Gasteiger partial charge in [0.05, 0.1) is 18.0 Å². The number of thioether (sulfide) groups is 1. The van der Waals surface area contributed by atoms with Crippen LogP contribution in [0.1, 0.15) is 10.4 Å². The fraction of sp³-hybridized carbons (Fsp3) is 0.250. The lowest BCUT2D eigenvalue weighted by atomic mass is 10.1. The third kappa shape index (κ3) is 3.28. The summed E-state index contributed by atoms with van der Waals surface area (Å²) in [6.07, 6.45) is -1.42. The van der Waals surface area contributed by atoms with Gasteiger partial charge < -0.3 is 21.5 Å². The van der Waals surface area contributed by atoms with Gasteiger partial charge in [-0.1, -0.05) is 0 Å². The van der Waals surface area contributed by atoms with E-state index in [9.17, 15) is 19.5 Å². The maximum atomic E-state index is 11.8. The molecule has 7 nitrogen and oxygen atoms in total. The molecule has 1 aromatic rings. The molecule has 20 heavy (non-hydrogen) atoms. The molecule has 3 amide bonds. The van der Waals surface area contributed by atoms with E-state index in [1.54, 1.807) is 18.2 Å². The highest BCUT2D eigenvalue weighted by Crippen LogP contribution is 2.31. The van der Waals surface area contributed by atoms with Gasteiger partial charge in [-0.2, -0.15) is 0 Å². The number of benzene rings is 1. The number of hydrogen-bond acceptors (Lipinski definition) is 5. The summed E-state index contributed by atoms with van der Waals surface area (Å²) in [5, 5.41) is 14.3. The zero-order valence-electron chi connectivity index (χ0n) is 10.4. The average molecular weight is 295 g/mol. The number of carbonyl (C=O) groups excluding carboxylic acids is 3. The van der Waals surface area contributed by atoms with Crippen molar-refractivity contribution in [1.82, 2.24) is 5.32 Å². The minimum Gasteiger partial charge on any atom is -0.381 e. The highest BCUT2D eigenvalue weighted by molar-refractivity contribution is 8.00. The lowest BCUT2D eigenvalue weighted by molar-refractivity contribution is -0.125. The molecule has 0 radical (unpaired) electrons. The second-order valence-corrected chi connectivity index (χ2v) is 5.19. The van der Waals surface area contributed by atoms with Crippen molar-refractivity contribution in [3.05, 3.63) is 23.8 Å². The van der Waals surface area contributed by atoms with Gasteiger partial charge in [0, 0.05) is 10.5 Å². The zero-order chi connectivity index (χ0) is 14.7. The van der Waals surface area contributed by atoms with Crippen molar-refractivity contribution in [3.63, 3.8) is 0 Å². The standard InChI is InChI=1S/C12H13N3O4S/c13-11(18)8(16)4-14-12(19)6-1-2-9-7(3-6)15-10(17)5-20-9/h1-3,8,16H,4-5H2,(H2,13,18)(H,14,19)(H,15,17). The van der Waals surface area contributed by atoms with Crippen LogP contribution in [0.5, 0.6) is 0 Å². The summed E-state index contributed by atoms with van der Waals surface area (Å²) in [4.78, 5) is 34.7. The molecule has 1 aromatic carbocycles. The third-order valence-electron chi connectivity index (χ3n) is 2.66. The number of nitrogens with one attached hydrogen (secondary N) is 2. The van der Waals surface area contributed by atoms with E-state index in [0.717, 1.165) is 4.90 Å². The Morgan fingerprint density at radius 3 is 2.95 bits per heavy atom. The monoisotopic (exact) mass is 295 g/mol. The highest BCUT2D eigenvalue weighted by atomic mass is 32.2. The van der Waals surface area contributed by atoms with Gasteiger partial charge in [-0.25, -0.2) is 0 Å². The fourth-order valence-electron chi connectivity index (χ4n) is 1.62. The Kier molecular flexibility index (Phi) is 4.26. The summed E-state index contributed by atoms with van der Waals surface area (Å²) < 4.78 is 0. The van der Waals surface area contributed by atoms with Crippen LogP contribution in [0.3, 0.4) is 0 Å². The Hall–Kier alpha value is -2.06. The van der Waals surface area contributed by atoms with E-state index in [2.05, 4.69) is 10.6 Å². The van der Waals surface area contributed by atoms with Gasteiger partial charge in [0.25, 0.3) is 5.91 Å². The molecule has 0 aromatic heterocycles. The number of hydrogen-bond donors (Lipinski definition) is 4. The van der Waals surface area contributed by atoms with Crippen molar-refractivity contribution in [2.75, 3.05) is 17.6 Å². The third-order valence-corrected chi connectivity index (χ3v) is 3.73. The first-order valence-corrected chi connectivity index (χ1v) is 6.78. The molecule has 0 aliphatic carbocycles. The molecule has 0 fully saturated rings. The van der Waals surface area contributed by atoms with Crippen LogP contribution >= 0.6 is 11.8 Å². The summed E-state index contributed by atoms with van der Waals surface area (Å²) in [6, 6.07) is 4.89. The summed E-state index contributed by atoms with van der Waals surface area (Å²) in [5.41, 5.74) is 5.78. The molecule has 1 heterocycles. The van der Waals surface area contributed by atoms with Crippen molar-refractivity contribution in [1.29, 1.82) is 0 Å². The van der Waals surface area contributed by atoms with Crippen LogP contribution in [-0.4, -0.2) is 41.2 Å². The molecule has 0 spiro atoms. The van der Waals surface area contributed by atoms with Gasteiger partial charge in [-0.05, 0) is 18.2 Å². The largest absolute Gasteiger partial charge is 0.381 e. The number of rotatable bonds is 4. The van der Waals surface area contributed by atoms with Crippen LogP contribution < -0.4 is 16.4 Å². The molecule has 106 valence electrons. The minimum atomic E-state index is -1.42. The summed E-state index contributed by atoms with van der Waals surface area (Å²) in [5.74, 6) is -1.13. The van der Waals surface area contributed by atoms with Crippen LogP contribution in [0, 0.1) is 0 Å². The van der Waals surface area contributed by atoms with Crippen molar-refractivity contribution in [2.45, 2.75) is 11.0 Å². The van der Waals surface area contributed by atoms with Crippen LogP contribution in [-0.2, 0) is 9.59 Å². The van der Waals surface area contributed by atoms with Gasteiger partial charge >= 0.3 is 0 Å². The number of amides is 3. The number of primary amides is 1. The molecule has 0 saturated heterocycles. The van der Waals surface area contributed by atoms with Crippen molar-refractivity contribution < 1.29 is 19.5 Å².